The molecule has 0 aliphatic carbocycles. The fourth-order valence-electron chi connectivity index (χ4n) is 1.33. The van der Waals surface area contributed by atoms with Gasteiger partial charge in [-0.1, -0.05) is 0 Å². The van der Waals surface area contributed by atoms with Crippen LogP contribution in [0.3, 0.4) is 0 Å². The molecule has 0 aromatic heterocycles. The molecule has 0 aliphatic rings. The number of hydrogen-bond acceptors (Lipinski definition) is 0. The second kappa shape index (κ2) is 8.89. The van der Waals surface area contributed by atoms with Crippen molar-refractivity contribution in [3.8, 4) is 0 Å². The van der Waals surface area contributed by atoms with E-state index >= 15 is 0 Å². The van der Waals surface area contributed by atoms with Crippen molar-refractivity contribution in [2.75, 3.05) is 0 Å². The van der Waals surface area contributed by atoms with Gasteiger partial charge in [0.05, 0.1) is 0 Å². The summed E-state index contributed by atoms with van der Waals surface area (Å²) in [6, 6.07) is 0. The predicted molar refractivity (Wildman–Crippen MR) is 57.1 cm³/mol. The van der Waals surface area contributed by atoms with E-state index in [1.165, 1.54) is 38.5 Å². The first-order chi connectivity index (χ1) is 5.27. The average Bonchev–Trinajstić information content (AvgIpc) is 1.96. The molecule has 0 unspecified atom stereocenters. The van der Waals surface area contributed by atoms with E-state index in [1.54, 1.807) is 4.44 Å². The Hall–Kier alpha value is 0.799. The summed E-state index contributed by atoms with van der Waals surface area (Å²) < 4.78 is 1.63. The average molecular weight is 263 g/mol. The van der Waals surface area contributed by atoms with Gasteiger partial charge in [0.15, 0.2) is 0 Å². The molecule has 0 bridgehead atoms. The Morgan fingerprint density at radius 3 is 1.91 bits per heavy atom. The van der Waals surface area contributed by atoms with Gasteiger partial charge in [-0.2, -0.15) is 0 Å². The predicted octanol–water partition coefficient (Wildman–Crippen LogP) is 3.83. The molecule has 0 saturated carbocycles. The number of hydrogen-bond donors (Lipinski definition) is 0. The molecule has 0 fully saturated rings. The van der Waals surface area contributed by atoms with Crippen LogP contribution >= 0.6 is 0 Å². The van der Waals surface area contributed by atoms with Crippen molar-refractivity contribution in [2.24, 2.45) is 0 Å². The van der Waals surface area contributed by atoms with Crippen molar-refractivity contribution in [3.63, 3.8) is 0 Å². The third kappa shape index (κ3) is 10.8. The van der Waals surface area contributed by atoms with Gasteiger partial charge < -0.3 is 0 Å². The second-order valence-electron chi connectivity index (χ2n) is 3.95. The van der Waals surface area contributed by atoms with Crippen LogP contribution in [0.5, 0.6) is 0 Å². The summed E-state index contributed by atoms with van der Waals surface area (Å²) in [5.74, 6) is 0. The molecule has 0 saturated heterocycles. The standard InChI is InChI=1S/C8H17.2CH3.Sn.H/c1-3-5-7-8-6-4-2;;;;/h1,3-8H2,2H3;2*1H3;;. The van der Waals surface area contributed by atoms with Crippen LogP contribution in [0.1, 0.15) is 45.4 Å². The summed E-state index contributed by atoms with van der Waals surface area (Å²) in [7, 11) is 0. The monoisotopic (exact) mass is 264 g/mol. The molecule has 0 amide bonds. The Bertz CT molecular complexity index is 69.3. The molecule has 0 spiro atoms. The molecule has 0 radical (unpaired) electrons. The zero-order valence-electron chi connectivity index (χ0n) is 8.53. The third-order valence-electron chi connectivity index (χ3n) is 2.14. The van der Waals surface area contributed by atoms with Crippen LogP contribution in [0.2, 0.25) is 14.3 Å². The Balaban J connectivity index is 2.80. The van der Waals surface area contributed by atoms with Crippen LogP contribution in [0, 0.1) is 0 Å². The molecule has 11 heavy (non-hydrogen) atoms. The van der Waals surface area contributed by atoms with Gasteiger partial charge in [0, 0.05) is 0 Å². The van der Waals surface area contributed by atoms with Gasteiger partial charge in [0.2, 0.25) is 0 Å². The molecular formula is C10H24Sn. The quantitative estimate of drug-likeness (QED) is 0.483. The van der Waals surface area contributed by atoms with E-state index in [2.05, 4.69) is 16.8 Å². The van der Waals surface area contributed by atoms with Crippen molar-refractivity contribution in [3.05, 3.63) is 0 Å². The maximum atomic E-state index is 2.52. The maximum absolute atomic E-state index is 2.52. The third-order valence-corrected chi connectivity index (χ3v) is 6.60. The van der Waals surface area contributed by atoms with E-state index in [0.717, 1.165) is 0 Å². The van der Waals surface area contributed by atoms with Gasteiger partial charge in [-0.05, 0) is 0 Å². The zero-order valence-corrected chi connectivity index (χ0v) is 11.8. The van der Waals surface area contributed by atoms with E-state index in [-0.39, 0.29) is 0 Å². The normalized spacial score (nSPS) is 10.9. The molecule has 0 aromatic carbocycles. The van der Waals surface area contributed by atoms with E-state index < -0.39 is 19.8 Å². The van der Waals surface area contributed by atoms with Crippen molar-refractivity contribution in [1.29, 1.82) is 0 Å². The Labute approximate surface area is 79.5 Å². The Morgan fingerprint density at radius 2 is 1.36 bits per heavy atom. The fourth-order valence-corrected chi connectivity index (χ4v) is 4.49. The van der Waals surface area contributed by atoms with E-state index in [1.807, 2.05) is 0 Å². The van der Waals surface area contributed by atoms with Gasteiger partial charge in [-0.3, -0.25) is 0 Å². The summed E-state index contributed by atoms with van der Waals surface area (Å²) in [5.41, 5.74) is 0. The SMILES string of the molecule is CCCCCCC[CH2][SnH]([CH3])[CH3]. The van der Waals surface area contributed by atoms with Crippen molar-refractivity contribution in [1.82, 2.24) is 0 Å². The van der Waals surface area contributed by atoms with Crippen LogP contribution < -0.4 is 0 Å². The molecule has 0 rings (SSSR count). The first-order valence-corrected chi connectivity index (χ1v) is 14.2. The van der Waals surface area contributed by atoms with Crippen LogP contribution in [0.15, 0.2) is 0 Å². The van der Waals surface area contributed by atoms with Gasteiger partial charge in [-0.15, -0.1) is 0 Å². The van der Waals surface area contributed by atoms with Crippen LogP contribution in [0.4, 0.5) is 0 Å². The molecule has 0 N–H and O–H groups in total. The molecule has 0 nitrogen and oxygen atoms in total. The summed E-state index contributed by atoms with van der Waals surface area (Å²) >= 11 is -0.810. The number of rotatable bonds is 7. The van der Waals surface area contributed by atoms with E-state index in [4.69, 9.17) is 0 Å². The summed E-state index contributed by atoms with van der Waals surface area (Å²) in [4.78, 5) is 5.04. The summed E-state index contributed by atoms with van der Waals surface area (Å²) in [6.45, 7) is 2.28. The van der Waals surface area contributed by atoms with Crippen molar-refractivity contribution in [2.45, 2.75) is 59.8 Å². The van der Waals surface area contributed by atoms with E-state index in [9.17, 15) is 0 Å². The fraction of sp³-hybridized carbons (Fsp3) is 1.00. The molecule has 0 aliphatic heterocycles. The van der Waals surface area contributed by atoms with Crippen LogP contribution in [-0.4, -0.2) is 19.8 Å². The zero-order chi connectivity index (χ0) is 8.53. The second-order valence-corrected chi connectivity index (χ2v) is 13.6. The first kappa shape index (κ1) is 11.8. The first-order valence-electron chi connectivity index (χ1n) is 5.27. The Kier molecular flexibility index (Phi) is 9.54. The molecule has 0 atom stereocenters. The van der Waals surface area contributed by atoms with Gasteiger partial charge in [0.25, 0.3) is 0 Å². The Morgan fingerprint density at radius 1 is 0.818 bits per heavy atom. The topological polar surface area (TPSA) is 0 Å². The minimum atomic E-state index is -0.810. The summed E-state index contributed by atoms with van der Waals surface area (Å²) in [6.07, 6.45) is 8.84. The van der Waals surface area contributed by atoms with Gasteiger partial charge >= 0.3 is 79.5 Å². The van der Waals surface area contributed by atoms with Gasteiger partial charge in [0.1, 0.15) is 0 Å². The van der Waals surface area contributed by atoms with Crippen LogP contribution in [0.25, 0.3) is 0 Å². The van der Waals surface area contributed by atoms with Gasteiger partial charge in [-0.25, -0.2) is 0 Å². The molecular weight excluding hydrogens is 239 g/mol. The number of unbranched alkanes of at least 4 members (excludes halogenated alkanes) is 5. The molecule has 1 heteroatoms. The summed E-state index contributed by atoms with van der Waals surface area (Å²) in [5, 5.41) is 0. The molecule has 0 aromatic rings. The van der Waals surface area contributed by atoms with Crippen molar-refractivity contribution < 1.29 is 0 Å². The van der Waals surface area contributed by atoms with E-state index in [0.29, 0.717) is 0 Å². The molecule has 0 heterocycles. The molecule has 68 valence electrons. The van der Waals surface area contributed by atoms with Crippen molar-refractivity contribution >= 4 is 19.8 Å². The van der Waals surface area contributed by atoms with Crippen LogP contribution in [-0.2, 0) is 0 Å². The minimum absolute atomic E-state index is 0.810.